The van der Waals surface area contributed by atoms with E-state index in [0.717, 1.165) is 25.9 Å². The zero-order valence-electron chi connectivity index (χ0n) is 10.2. The van der Waals surface area contributed by atoms with Gasteiger partial charge in [0.05, 0.1) is 0 Å². The van der Waals surface area contributed by atoms with Crippen LogP contribution in [0.2, 0.25) is 0 Å². The van der Waals surface area contributed by atoms with Crippen molar-refractivity contribution in [3.05, 3.63) is 0 Å². The second-order valence-corrected chi connectivity index (χ2v) is 5.23. The first-order valence-electron chi connectivity index (χ1n) is 6.13. The molecule has 2 aliphatic rings. The maximum Gasteiger partial charge on any atom is 0.418 e. The molecule has 0 aromatic carbocycles. The Balaban J connectivity index is 0.00000162. The fourth-order valence-electron chi connectivity index (χ4n) is 2.70. The molecule has 2 saturated heterocycles. The summed E-state index contributed by atoms with van der Waals surface area (Å²) >= 11 is 0. The van der Waals surface area contributed by atoms with Crippen LogP contribution in [0.5, 0.6) is 0 Å². The maximum atomic E-state index is 12.6. The molecule has 2 aliphatic heterocycles. The third-order valence-electron chi connectivity index (χ3n) is 3.77. The number of rotatable bonds is 2. The van der Waals surface area contributed by atoms with Crippen molar-refractivity contribution in [1.29, 1.82) is 0 Å². The van der Waals surface area contributed by atoms with Gasteiger partial charge in [-0.2, -0.15) is 13.2 Å². The Labute approximate surface area is 111 Å². The molecular formula is C11H20ClF3N2O. The minimum absolute atomic E-state index is 0. The number of halogens is 4. The lowest BCUT2D eigenvalue weighted by molar-refractivity contribution is -0.254. The second-order valence-electron chi connectivity index (χ2n) is 5.23. The van der Waals surface area contributed by atoms with E-state index in [-0.39, 0.29) is 25.4 Å². The van der Waals surface area contributed by atoms with Crippen LogP contribution in [0.3, 0.4) is 0 Å². The lowest BCUT2D eigenvalue weighted by atomic mass is 9.99. The van der Waals surface area contributed by atoms with Crippen LogP contribution in [0.4, 0.5) is 13.2 Å². The largest absolute Gasteiger partial charge is 0.418 e. The van der Waals surface area contributed by atoms with Crippen LogP contribution in [0, 0.1) is 5.92 Å². The number of aliphatic hydroxyl groups is 1. The van der Waals surface area contributed by atoms with Gasteiger partial charge >= 0.3 is 6.18 Å². The van der Waals surface area contributed by atoms with Gasteiger partial charge in [0, 0.05) is 19.6 Å². The summed E-state index contributed by atoms with van der Waals surface area (Å²) in [5.41, 5.74) is -2.49. The van der Waals surface area contributed by atoms with E-state index >= 15 is 0 Å². The first-order valence-corrected chi connectivity index (χ1v) is 6.13. The summed E-state index contributed by atoms with van der Waals surface area (Å²) in [5.74, 6) is 0.416. The highest BCUT2D eigenvalue weighted by molar-refractivity contribution is 5.85. The average Bonchev–Trinajstić information content (AvgIpc) is 2.62. The summed E-state index contributed by atoms with van der Waals surface area (Å²) in [4.78, 5) is 1.74. The molecule has 0 spiro atoms. The number of hydrogen-bond acceptors (Lipinski definition) is 3. The van der Waals surface area contributed by atoms with E-state index in [1.165, 1.54) is 0 Å². The molecule has 0 aromatic rings. The quantitative estimate of drug-likeness (QED) is 0.806. The molecular weight excluding hydrogens is 269 g/mol. The molecule has 0 radical (unpaired) electrons. The van der Waals surface area contributed by atoms with Crippen molar-refractivity contribution >= 4 is 12.4 Å². The highest BCUT2D eigenvalue weighted by atomic mass is 35.5. The summed E-state index contributed by atoms with van der Waals surface area (Å²) in [5, 5.41) is 12.8. The molecule has 0 amide bonds. The van der Waals surface area contributed by atoms with Crippen molar-refractivity contribution < 1.29 is 18.3 Å². The third kappa shape index (κ3) is 3.50. The van der Waals surface area contributed by atoms with Gasteiger partial charge in [-0.3, -0.25) is 4.90 Å². The first-order chi connectivity index (χ1) is 7.91. The molecule has 108 valence electrons. The van der Waals surface area contributed by atoms with Gasteiger partial charge in [-0.25, -0.2) is 0 Å². The molecule has 3 nitrogen and oxygen atoms in total. The minimum atomic E-state index is -4.51. The van der Waals surface area contributed by atoms with E-state index in [4.69, 9.17) is 0 Å². The molecule has 2 rings (SSSR count). The van der Waals surface area contributed by atoms with Gasteiger partial charge in [0.2, 0.25) is 0 Å². The molecule has 0 aromatic heterocycles. The van der Waals surface area contributed by atoms with E-state index in [0.29, 0.717) is 19.0 Å². The monoisotopic (exact) mass is 288 g/mol. The standard InChI is InChI=1S/C11H19F3N2O.ClH/c12-11(13,14)10(17)3-5-16(8-10)7-9-2-1-4-15-6-9;/h9,15,17H,1-8H2;1H. The Kier molecular flexibility index (Phi) is 5.29. The zero-order chi connectivity index (χ0) is 12.5. The third-order valence-corrected chi connectivity index (χ3v) is 3.77. The molecule has 0 saturated carbocycles. The lowest BCUT2D eigenvalue weighted by Crippen LogP contribution is -2.48. The summed E-state index contributed by atoms with van der Waals surface area (Å²) < 4.78 is 37.8. The Hall–Kier alpha value is -0.0400. The molecule has 0 bridgehead atoms. The average molecular weight is 289 g/mol. The Bertz CT molecular complexity index is 272. The lowest BCUT2D eigenvalue weighted by Gasteiger charge is -2.29. The van der Waals surface area contributed by atoms with E-state index in [9.17, 15) is 18.3 Å². The molecule has 2 atom stereocenters. The molecule has 2 heterocycles. The van der Waals surface area contributed by atoms with Crippen LogP contribution in [0.1, 0.15) is 19.3 Å². The van der Waals surface area contributed by atoms with Crippen LogP contribution >= 0.6 is 12.4 Å². The van der Waals surface area contributed by atoms with Crippen molar-refractivity contribution in [2.75, 3.05) is 32.7 Å². The van der Waals surface area contributed by atoms with Crippen molar-refractivity contribution in [2.24, 2.45) is 5.92 Å². The van der Waals surface area contributed by atoms with Crippen molar-refractivity contribution in [3.8, 4) is 0 Å². The number of nitrogens with one attached hydrogen (secondary N) is 1. The maximum absolute atomic E-state index is 12.6. The van der Waals surface area contributed by atoms with E-state index in [1.54, 1.807) is 4.90 Å². The normalized spacial score (nSPS) is 34.3. The number of alkyl halides is 3. The van der Waals surface area contributed by atoms with E-state index < -0.39 is 11.8 Å². The first kappa shape index (κ1) is 16.0. The highest BCUT2D eigenvalue weighted by Gasteiger charge is 2.56. The number of β-amino-alcohol motifs (C(OH)–C–C–N with tert-alkyl or cyclic N) is 1. The molecule has 7 heteroatoms. The minimum Gasteiger partial charge on any atom is -0.379 e. The van der Waals surface area contributed by atoms with Crippen molar-refractivity contribution in [2.45, 2.75) is 31.0 Å². The Morgan fingerprint density at radius 2 is 2.11 bits per heavy atom. The van der Waals surface area contributed by atoms with Gasteiger partial charge in [0.15, 0.2) is 5.60 Å². The predicted molar refractivity (Wildman–Crippen MR) is 64.9 cm³/mol. The number of hydrogen-bond donors (Lipinski definition) is 2. The topological polar surface area (TPSA) is 35.5 Å². The summed E-state index contributed by atoms with van der Waals surface area (Å²) in [7, 11) is 0. The Morgan fingerprint density at radius 3 is 2.61 bits per heavy atom. The summed E-state index contributed by atoms with van der Waals surface area (Å²) in [6, 6.07) is 0. The SMILES string of the molecule is Cl.OC1(C(F)(F)F)CCN(CC2CCCNC2)C1. The fraction of sp³-hybridized carbons (Fsp3) is 1.00. The van der Waals surface area contributed by atoms with Gasteiger partial charge < -0.3 is 10.4 Å². The van der Waals surface area contributed by atoms with Gasteiger partial charge in [-0.15, -0.1) is 12.4 Å². The number of piperidine rings is 1. The number of likely N-dealkylation sites (tertiary alicyclic amines) is 1. The van der Waals surface area contributed by atoms with Crippen LogP contribution in [0.25, 0.3) is 0 Å². The molecule has 18 heavy (non-hydrogen) atoms. The van der Waals surface area contributed by atoms with Gasteiger partial charge in [-0.05, 0) is 38.3 Å². The Morgan fingerprint density at radius 1 is 1.39 bits per heavy atom. The summed E-state index contributed by atoms with van der Waals surface area (Å²) in [6.07, 6.45) is -2.56. The van der Waals surface area contributed by atoms with Gasteiger partial charge in [-0.1, -0.05) is 0 Å². The van der Waals surface area contributed by atoms with Crippen molar-refractivity contribution in [1.82, 2.24) is 10.2 Å². The second kappa shape index (κ2) is 5.94. The van der Waals surface area contributed by atoms with Crippen LogP contribution in [-0.2, 0) is 0 Å². The van der Waals surface area contributed by atoms with Crippen LogP contribution in [-0.4, -0.2) is 54.5 Å². The van der Waals surface area contributed by atoms with Gasteiger partial charge in [0.1, 0.15) is 0 Å². The predicted octanol–water partition coefficient (Wildman–Crippen LogP) is 1.41. The molecule has 2 fully saturated rings. The van der Waals surface area contributed by atoms with Crippen LogP contribution < -0.4 is 5.32 Å². The van der Waals surface area contributed by atoms with Gasteiger partial charge in [0.25, 0.3) is 0 Å². The molecule has 0 aliphatic carbocycles. The van der Waals surface area contributed by atoms with Crippen LogP contribution in [0.15, 0.2) is 0 Å². The highest BCUT2D eigenvalue weighted by Crippen LogP contribution is 2.37. The van der Waals surface area contributed by atoms with Crippen molar-refractivity contribution in [3.63, 3.8) is 0 Å². The molecule has 2 unspecified atom stereocenters. The van der Waals surface area contributed by atoms with E-state index in [2.05, 4.69) is 5.32 Å². The fourth-order valence-corrected chi connectivity index (χ4v) is 2.70. The smallest absolute Gasteiger partial charge is 0.379 e. The van der Waals surface area contributed by atoms with E-state index in [1.807, 2.05) is 0 Å². The summed E-state index contributed by atoms with van der Waals surface area (Å²) in [6.45, 7) is 2.61. The zero-order valence-corrected chi connectivity index (χ0v) is 11.0. The number of nitrogens with zero attached hydrogens (tertiary/aromatic N) is 1. The molecule has 2 N–H and O–H groups in total.